The number of rotatable bonds is 15. The molecular formula is C24H37N3O. The van der Waals surface area contributed by atoms with Crippen LogP contribution in [0.3, 0.4) is 0 Å². The Bertz CT molecular complexity index is 568. The molecule has 0 aliphatic heterocycles. The minimum absolute atomic E-state index is 0.703. The largest absolute Gasteiger partial charge is 0.490 e. The standard InChI is InChI=1S/C24H37N3O/c1-3-5-7-9-10-12-14-22-16-15-21(18-25-22)24-26-19-23(20-27-24)28-17-13-11-8-6-4-2/h15-16,18-20H,3-14,17H2,1-2H3. The maximum Gasteiger partial charge on any atom is 0.160 e. The van der Waals surface area contributed by atoms with E-state index in [0.717, 1.165) is 36.5 Å². The maximum absolute atomic E-state index is 5.73. The predicted molar refractivity (Wildman–Crippen MR) is 117 cm³/mol. The average Bonchev–Trinajstić information content (AvgIpc) is 2.74. The molecule has 28 heavy (non-hydrogen) atoms. The van der Waals surface area contributed by atoms with Gasteiger partial charge in [0, 0.05) is 17.5 Å². The van der Waals surface area contributed by atoms with Crippen molar-refractivity contribution in [2.24, 2.45) is 0 Å². The normalized spacial score (nSPS) is 10.9. The summed E-state index contributed by atoms with van der Waals surface area (Å²) in [4.78, 5) is 13.5. The van der Waals surface area contributed by atoms with Crippen molar-refractivity contribution in [1.82, 2.24) is 15.0 Å². The summed E-state index contributed by atoms with van der Waals surface area (Å²) in [6.45, 7) is 5.22. The molecule has 0 aliphatic rings. The molecule has 2 aromatic heterocycles. The van der Waals surface area contributed by atoms with Crippen LogP contribution in [0.4, 0.5) is 0 Å². The first kappa shape index (κ1) is 22.3. The molecule has 2 heterocycles. The molecule has 0 fully saturated rings. The zero-order chi connectivity index (χ0) is 19.9. The third kappa shape index (κ3) is 8.81. The second-order valence-corrected chi connectivity index (χ2v) is 7.56. The van der Waals surface area contributed by atoms with Gasteiger partial charge in [-0.15, -0.1) is 0 Å². The van der Waals surface area contributed by atoms with Gasteiger partial charge in [0.25, 0.3) is 0 Å². The summed E-state index contributed by atoms with van der Waals surface area (Å²) in [6.07, 6.45) is 20.5. The second kappa shape index (κ2) is 14.1. The quantitative estimate of drug-likeness (QED) is 0.318. The van der Waals surface area contributed by atoms with Gasteiger partial charge in [0.15, 0.2) is 11.6 Å². The first-order valence-electron chi connectivity index (χ1n) is 11.2. The van der Waals surface area contributed by atoms with E-state index in [1.165, 1.54) is 64.2 Å². The van der Waals surface area contributed by atoms with E-state index in [4.69, 9.17) is 4.74 Å². The zero-order valence-electron chi connectivity index (χ0n) is 17.8. The molecule has 0 spiro atoms. The van der Waals surface area contributed by atoms with Gasteiger partial charge in [-0.3, -0.25) is 4.98 Å². The number of aromatic nitrogens is 3. The van der Waals surface area contributed by atoms with Gasteiger partial charge in [0.1, 0.15) is 0 Å². The summed E-state index contributed by atoms with van der Waals surface area (Å²) in [5.41, 5.74) is 2.11. The molecule has 4 heteroatoms. The van der Waals surface area contributed by atoms with Crippen molar-refractivity contribution in [1.29, 1.82) is 0 Å². The number of pyridine rings is 1. The van der Waals surface area contributed by atoms with Crippen LogP contribution in [0.15, 0.2) is 30.7 Å². The SMILES string of the molecule is CCCCCCCCc1ccc(-c2ncc(OCCCCCCC)cn2)cn1. The fourth-order valence-electron chi connectivity index (χ4n) is 3.23. The number of aryl methyl sites for hydroxylation is 1. The Balaban J connectivity index is 1.71. The van der Waals surface area contributed by atoms with Gasteiger partial charge < -0.3 is 4.74 Å². The van der Waals surface area contributed by atoms with E-state index < -0.39 is 0 Å². The van der Waals surface area contributed by atoms with Crippen LogP contribution >= 0.6 is 0 Å². The highest BCUT2D eigenvalue weighted by molar-refractivity contribution is 5.53. The van der Waals surface area contributed by atoms with E-state index in [-0.39, 0.29) is 0 Å². The van der Waals surface area contributed by atoms with E-state index in [1.807, 2.05) is 6.20 Å². The van der Waals surface area contributed by atoms with Gasteiger partial charge in [-0.2, -0.15) is 0 Å². The van der Waals surface area contributed by atoms with E-state index >= 15 is 0 Å². The molecule has 0 amide bonds. The number of hydrogen-bond donors (Lipinski definition) is 0. The van der Waals surface area contributed by atoms with Crippen molar-refractivity contribution in [3.8, 4) is 17.1 Å². The third-order valence-electron chi connectivity index (χ3n) is 5.01. The lowest BCUT2D eigenvalue weighted by atomic mass is 10.1. The number of ether oxygens (including phenoxy) is 1. The van der Waals surface area contributed by atoms with Crippen molar-refractivity contribution < 1.29 is 4.74 Å². The summed E-state index contributed by atoms with van der Waals surface area (Å²) in [6, 6.07) is 4.18. The van der Waals surface area contributed by atoms with Crippen LogP contribution in [0.5, 0.6) is 5.75 Å². The van der Waals surface area contributed by atoms with Crippen molar-refractivity contribution in [2.45, 2.75) is 90.9 Å². The average molecular weight is 384 g/mol. The van der Waals surface area contributed by atoms with Crippen LogP contribution in [0.2, 0.25) is 0 Å². The van der Waals surface area contributed by atoms with Crippen LogP contribution in [0, 0.1) is 0 Å². The van der Waals surface area contributed by atoms with Gasteiger partial charge in [0.05, 0.1) is 19.0 Å². The first-order chi connectivity index (χ1) is 13.8. The monoisotopic (exact) mass is 383 g/mol. The number of hydrogen-bond acceptors (Lipinski definition) is 4. The van der Waals surface area contributed by atoms with Crippen LogP contribution in [-0.2, 0) is 6.42 Å². The lowest BCUT2D eigenvalue weighted by Gasteiger charge is -2.06. The van der Waals surface area contributed by atoms with Gasteiger partial charge in [-0.25, -0.2) is 9.97 Å². The van der Waals surface area contributed by atoms with Crippen molar-refractivity contribution in [2.75, 3.05) is 6.61 Å². The molecule has 0 bridgehead atoms. The molecule has 2 aromatic rings. The fraction of sp³-hybridized carbons (Fsp3) is 0.625. The summed E-state index contributed by atoms with van der Waals surface area (Å²) in [5, 5.41) is 0. The Morgan fingerprint density at radius 1 is 0.679 bits per heavy atom. The maximum atomic E-state index is 5.73. The Morgan fingerprint density at radius 2 is 1.32 bits per heavy atom. The topological polar surface area (TPSA) is 47.9 Å². The smallest absolute Gasteiger partial charge is 0.160 e. The lowest BCUT2D eigenvalue weighted by Crippen LogP contribution is -1.99. The van der Waals surface area contributed by atoms with Crippen LogP contribution in [-0.4, -0.2) is 21.6 Å². The first-order valence-corrected chi connectivity index (χ1v) is 11.2. The molecule has 154 valence electrons. The highest BCUT2D eigenvalue weighted by Crippen LogP contribution is 2.17. The predicted octanol–water partition coefficient (Wildman–Crippen LogP) is 6.79. The van der Waals surface area contributed by atoms with Crippen molar-refractivity contribution >= 4 is 0 Å². The Kier molecular flexibility index (Phi) is 11.2. The highest BCUT2D eigenvalue weighted by atomic mass is 16.5. The third-order valence-corrected chi connectivity index (χ3v) is 5.01. The van der Waals surface area contributed by atoms with E-state index in [2.05, 4.69) is 40.9 Å². The molecule has 0 atom stereocenters. The van der Waals surface area contributed by atoms with E-state index in [1.54, 1.807) is 12.4 Å². The Morgan fingerprint density at radius 3 is 1.96 bits per heavy atom. The van der Waals surface area contributed by atoms with Gasteiger partial charge >= 0.3 is 0 Å². The molecule has 0 saturated heterocycles. The summed E-state index contributed by atoms with van der Waals surface area (Å²) >= 11 is 0. The van der Waals surface area contributed by atoms with Gasteiger partial charge in [0.2, 0.25) is 0 Å². The lowest BCUT2D eigenvalue weighted by molar-refractivity contribution is 0.302. The molecule has 2 rings (SSSR count). The number of nitrogens with zero attached hydrogens (tertiary/aromatic N) is 3. The molecule has 0 unspecified atom stereocenters. The molecule has 0 saturated carbocycles. The summed E-state index contributed by atoms with van der Waals surface area (Å²) in [7, 11) is 0. The van der Waals surface area contributed by atoms with Crippen molar-refractivity contribution in [3.63, 3.8) is 0 Å². The van der Waals surface area contributed by atoms with E-state index in [0.29, 0.717) is 5.82 Å². The fourth-order valence-corrected chi connectivity index (χ4v) is 3.23. The molecule has 0 N–H and O–H groups in total. The summed E-state index contributed by atoms with van der Waals surface area (Å²) < 4.78 is 5.73. The minimum atomic E-state index is 0.703. The van der Waals surface area contributed by atoms with Crippen molar-refractivity contribution in [3.05, 3.63) is 36.4 Å². The zero-order valence-corrected chi connectivity index (χ0v) is 17.8. The molecule has 0 aromatic carbocycles. The van der Waals surface area contributed by atoms with E-state index in [9.17, 15) is 0 Å². The van der Waals surface area contributed by atoms with Gasteiger partial charge in [-0.05, 0) is 31.4 Å². The molecule has 0 radical (unpaired) electrons. The van der Waals surface area contributed by atoms with Crippen LogP contribution in [0.25, 0.3) is 11.4 Å². The van der Waals surface area contributed by atoms with Gasteiger partial charge in [-0.1, -0.05) is 71.6 Å². The minimum Gasteiger partial charge on any atom is -0.490 e. The Hall–Kier alpha value is -1.97. The number of unbranched alkanes of at least 4 members (excludes halogenated alkanes) is 9. The highest BCUT2D eigenvalue weighted by Gasteiger charge is 2.04. The molecule has 4 nitrogen and oxygen atoms in total. The Labute approximate surface area is 171 Å². The van der Waals surface area contributed by atoms with Crippen LogP contribution < -0.4 is 4.74 Å². The molecule has 0 aliphatic carbocycles. The summed E-state index contributed by atoms with van der Waals surface area (Å²) in [5.74, 6) is 1.45. The van der Waals surface area contributed by atoms with Crippen LogP contribution in [0.1, 0.15) is 90.2 Å². The second-order valence-electron chi connectivity index (χ2n) is 7.56. The molecular weight excluding hydrogens is 346 g/mol.